The molecule has 3 heterocycles. The van der Waals surface area contributed by atoms with Crippen LogP contribution in [0.3, 0.4) is 0 Å². The molecule has 0 atom stereocenters. The minimum absolute atomic E-state index is 0.944. The summed E-state index contributed by atoms with van der Waals surface area (Å²) in [5, 5.41) is 1.24. The molecule has 2 aromatic heterocycles. The van der Waals surface area contributed by atoms with Crippen LogP contribution in [0.4, 0.5) is 17.1 Å². The van der Waals surface area contributed by atoms with Gasteiger partial charge in [0, 0.05) is 44.6 Å². The molecule has 0 saturated carbocycles. The number of rotatable bonds is 5. The van der Waals surface area contributed by atoms with Gasteiger partial charge in [0.05, 0.1) is 34.0 Å². The maximum Gasteiger partial charge on any atom is 0.0715 e. The summed E-state index contributed by atoms with van der Waals surface area (Å²) in [6, 6.07) is 71.4. The molecule has 0 radical (unpaired) electrons. The van der Waals surface area contributed by atoms with Crippen molar-refractivity contribution in [3.63, 3.8) is 0 Å². The molecule has 0 saturated heterocycles. The Bertz CT molecular complexity index is 2650. The Labute approximate surface area is 303 Å². The quantitative estimate of drug-likeness (QED) is 0.183. The fourth-order valence-corrected chi connectivity index (χ4v) is 7.78. The van der Waals surface area contributed by atoms with Crippen LogP contribution in [0.5, 0.6) is 0 Å². The van der Waals surface area contributed by atoms with Crippen LogP contribution >= 0.6 is 0 Å². The van der Waals surface area contributed by atoms with Crippen LogP contribution in [0.25, 0.3) is 72.6 Å². The van der Waals surface area contributed by atoms with Gasteiger partial charge in [-0.05, 0) is 65.7 Å². The highest BCUT2D eigenvalue weighted by Gasteiger charge is 2.31. The summed E-state index contributed by atoms with van der Waals surface area (Å²) in [5.74, 6) is 0. The van der Waals surface area contributed by atoms with E-state index in [1.54, 1.807) is 0 Å². The Morgan fingerprint density at radius 1 is 0.365 bits per heavy atom. The molecule has 0 unspecified atom stereocenters. The van der Waals surface area contributed by atoms with Gasteiger partial charge in [-0.25, -0.2) is 4.98 Å². The van der Waals surface area contributed by atoms with E-state index < -0.39 is 0 Å². The fraction of sp³-hybridized carbons (Fsp3) is 0. The summed E-state index contributed by atoms with van der Waals surface area (Å²) in [5.41, 5.74) is 16.9. The highest BCUT2D eigenvalue weighted by atomic mass is 15.2. The zero-order valence-electron chi connectivity index (χ0n) is 28.4. The second-order valence-corrected chi connectivity index (χ2v) is 13.2. The number of pyridine rings is 1. The van der Waals surface area contributed by atoms with Crippen molar-refractivity contribution in [2.24, 2.45) is 0 Å². The van der Waals surface area contributed by atoms with Crippen molar-refractivity contribution in [3.8, 4) is 61.7 Å². The lowest BCUT2D eigenvalue weighted by Gasteiger charge is -2.27. The summed E-state index contributed by atoms with van der Waals surface area (Å²) in [4.78, 5) is 7.62. The largest absolute Gasteiger partial charge is 0.309 e. The first kappa shape index (κ1) is 29.9. The maximum atomic E-state index is 5.20. The molecule has 244 valence electrons. The molecule has 10 rings (SSSR count). The van der Waals surface area contributed by atoms with Crippen LogP contribution in [0.1, 0.15) is 0 Å². The highest BCUT2D eigenvalue weighted by molar-refractivity contribution is 6.13. The maximum absolute atomic E-state index is 5.20. The number of aromatic nitrogens is 2. The lowest BCUT2D eigenvalue weighted by Crippen LogP contribution is -2.11. The normalized spacial score (nSPS) is 11.8. The van der Waals surface area contributed by atoms with Gasteiger partial charge in [-0.3, -0.25) is 0 Å². The summed E-state index contributed by atoms with van der Waals surface area (Å²) in [6.07, 6.45) is 0. The van der Waals surface area contributed by atoms with Gasteiger partial charge in [0.2, 0.25) is 0 Å². The molecule has 0 amide bonds. The summed E-state index contributed by atoms with van der Waals surface area (Å²) < 4.78 is 2.43. The van der Waals surface area contributed by atoms with E-state index in [0.717, 1.165) is 50.8 Å². The molecule has 0 aliphatic carbocycles. The van der Waals surface area contributed by atoms with Crippen LogP contribution in [0, 0.1) is 0 Å². The van der Waals surface area contributed by atoms with Gasteiger partial charge < -0.3 is 9.47 Å². The SMILES string of the molecule is c1ccc(-c2cc(-c3ccccc3)nc(-c3ccc(N4c5ccccc5-c5c(n(-c6ccccc6)c6ccccc56)-c5ccccc54)cc3)c2)cc1. The van der Waals surface area contributed by atoms with E-state index in [-0.39, 0.29) is 0 Å². The van der Waals surface area contributed by atoms with Crippen molar-refractivity contribution >= 4 is 28.0 Å². The van der Waals surface area contributed by atoms with Crippen LogP contribution in [0.15, 0.2) is 200 Å². The van der Waals surface area contributed by atoms with Gasteiger partial charge in [0.25, 0.3) is 0 Å². The van der Waals surface area contributed by atoms with Crippen LogP contribution in [-0.4, -0.2) is 9.55 Å². The molecular formula is C49H33N3. The summed E-state index contributed by atoms with van der Waals surface area (Å²) in [6.45, 7) is 0. The summed E-state index contributed by atoms with van der Waals surface area (Å²) in [7, 11) is 0. The van der Waals surface area contributed by atoms with Crippen LogP contribution in [0.2, 0.25) is 0 Å². The van der Waals surface area contributed by atoms with Gasteiger partial charge in [-0.2, -0.15) is 0 Å². The van der Waals surface area contributed by atoms with Crippen molar-refractivity contribution in [3.05, 3.63) is 200 Å². The number of anilines is 3. The average molecular weight is 664 g/mol. The van der Waals surface area contributed by atoms with E-state index in [0.29, 0.717) is 0 Å². The molecular weight excluding hydrogens is 631 g/mol. The number of hydrogen-bond donors (Lipinski definition) is 0. The van der Waals surface area contributed by atoms with E-state index in [1.807, 2.05) is 6.07 Å². The molecule has 3 nitrogen and oxygen atoms in total. The van der Waals surface area contributed by atoms with Gasteiger partial charge in [0.1, 0.15) is 0 Å². The molecule has 1 aliphatic rings. The second-order valence-electron chi connectivity index (χ2n) is 13.2. The first-order chi connectivity index (χ1) is 25.8. The Hall–Kier alpha value is -6.97. The molecule has 0 spiro atoms. The zero-order chi connectivity index (χ0) is 34.4. The average Bonchev–Trinajstić information content (AvgIpc) is 3.51. The smallest absolute Gasteiger partial charge is 0.0715 e. The lowest BCUT2D eigenvalue weighted by atomic mass is 9.98. The first-order valence-electron chi connectivity index (χ1n) is 17.7. The predicted octanol–water partition coefficient (Wildman–Crippen LogP) is 13.1. The Kier molecular flexibility index (Phi) is 7.14. The third-order valence-corrected chi connectivity index (χ3v) is 10.1. The van der Waals surface area contributed by atoms with Gasteiger partial charge in [-0.15, -0.1) is 0 Å². The number of para-hydroxylation sites is 4. The van der Waals surface area contributed by atoms with Crippen molar-refractivity contribution in [2.45, 2.75) is 0 Å². The van der Waals surface area contributed by atoms with E-state index in [9.17, 15) is 0 Å². The molecule has 0 N–H and O–H groups in total. The molecule has 0 fully saturated rings. The van der Waals surface area contributed by atoms with E-state index in [4.69, 9.17) is 4.98 Å². The number of benzene rings is 7. The lowest BCUT2D eigenvalue weighted by molar-refractivity contribution is 1.13. The van der Waals surface area contributed by atoms with Crippen LogP contribution in [-0.2, 0) is 0 Å². The molecule has 3 heteroatoms. The number of nitrogens with zero attached hydrogens (tertiary/aromatic N) is 3. The van der Waals surface area contributed by atoms with Gasteiger partial charge >= 0.3 is 0 Å². The molecule has 7 aromatic carbocycles. The standard InChI is InChI=1S/C49H33N3/c1-4-16-34(17-5-1)37-32-43(35-18-6-2-7-19-35)50-44(33-37)36-28-30-39(31-29-36)51-45-25-13-10-22-40(45)48-41-23-11-14-26-46(41)52(38-20-8-3-9-21-38)49(48)42-24-12-15-27-47(42)51/h1-33H. The van der Waals surface area contributed by atoms with Crippen molar-refractivity contribution in [1.29, 1.82) is 0 Å². The minimum atomic E-state index is 0.944. The number of fused-ring (bicyclic) bond motifs is 7. The minimum Gasteiger partial charge on any atom is -0.309 e. The van der Waals surface area contributed by atoms with E-state index in [2.05, 4.69) is 204 Å². The molecule has 0 bridgehead atoms. The Morgan fingerprint density at radius 2 is 0.885 bits per heavy atom. The summed E-state index contributed by atoms with van der Waals surface area (Å²) >= 11 is 0. The third-order valence-electron chi connectivity index (χ3n) is 10.1. The Morgan fingerprint density at radius 3 is 1.58 bits per heavy atom. The third kappa shape index (κ3) is 4.94. The zero-order valence-corrected chi connectivity index (χ0v) is 28.4. The molecule has 9 aromatic rings. The van der Waals surface area contributed by atoms with Crippen molar-refractivity contribution < 1.29 is 0 Å². The number of hydrogen-bond acceptors (Lipinski definition) is 2. The second kappa shape index (κ2) is 12.4. The molecule has 52 heavy (non-hydrogen) atoms. The van der Waals surface area contributed by atoms with Crippen LogP contribution < -0.4 is 4.90 Å². The highest BCUT2D eigenvalue weighted by Crippen LogP contribution is 2.54. The van der Waals surface area contributed by atoms with Crippen molar-refractivity contribution in [1.82, 2.24) is 9.55 Å². The van der Waals surface area contributed by atoms with Gasteiger partial charge in [0.15, 0.2) is 0 Å². The van der Waals surface area contributed by atoms with Crippen molar-refractivity contribution in [2.75, 3.05) is 4.90 Å². The Balaban J connectivity index is 1.16. The predicted molar refractivity (Wildman–Crippen MR) is 216 cm³/mol. The van der Waals surface area contributed by atoms with Gasteiger partial charge in [-0.1, -0.05) is 146 Å². The van der Waals surface area contributed by atoms with E-state index in [1.165, 1.54) is 38.9 Å². The fourth-order valence-electron chi connectivity index (χ4n) is 7.78. The topological polar surface area (TPSA) is 21.1 Å². The molecule has 1 aliphatic heterocycles. The first-order valence-corrected chi connectivity index (χ1v) is 17.7. The van der Waals surface area contributed by atoms with E-state index >= 15 is 0 Å². The monoisotopic (exact) mass is 663 g/mol.